The van der Waals surface area contributed by atoms with Crippen molar-refractivity contribution in [2.24, 2.45) is 0 Å². The van der Waals surface area contributed by atoms with Crippen LogP contribution in [0.15, 0.2) is 60.8 Å². The van der Waals surface area contributed by atoms with Gasteiger partial charge < -0.3 is 24.6 Å². The molecule has 0 aliphatic carbocycles. The summed E-state index contributed by atoms with van der Waals surface area (Å²) in [5.41, 5.74) is 0. The van der Waals surface area contributed by atoms with Crippen molar-refractivity contribution in [3.05, 3.63) is 60.8 Å². The number of phosphoric ester groups is 1. The number of esters is 2. The number of unbranched alkanes of at least 4 members (excludes halogenated alkanes) is 16. The maximum Gasteiger partial charge on any atom is 0.472 e. The van der Waals surface area contributed by atoms with E-state index in [9.17, 15) is 29.3 Å². The van der Waals surface area contributed by atoms with Crippen LogP contribution in [0.1, 0.15) is 174 Å². The Bertz CT molecular complexity index is 1120. The minimum atomic E-state index is -4.65. The molecule has 0 heterocycles. The first-order valence-corrected chi connectivity index (χ1v) is 23.2. The number of phosphoric acid groups is 1. The largest absolute Gasteiger partial charge is 0.472 e. The van der Waals surface area contributed by atoms with Gasteiger partial charge in [-0.2, -0.15) is 0 Å². The van der Waals surface area contributed by atoms with Crippen LogP contribution < -0.4 is 0 Å². The Morgan fingerprint density at radius 1 is 0.500 bits per heavy atom. The number of carbonyl (C=O) groups is 2. The van der Waals surface area contributed by atoms with Gasteiger partial charge in [-0.1, -0.05) is 164 Å². The summed E-state index contributed by atoms with van der Waals surface area (Å²) in [7, 11) is -4.65. The lowest BCUT2D eigenvalue weighted by molar-refractivity contribution is -0.153. The lowest BCUT2D eigenvalue weighted by Gasteiger charge is -2.20. The van der Waals surface area contributed by atoms with Gasteiger partial charge in [0.1, 0.15) is 12.2 Å². The zero-order valence-electron chi connectivity index (χ0n) is 35.1. The van der Waals surface area contributed by atoms with Crippen molar-refractivity contribution in [2.45, 2.75) is 187 Å². The van der Waals surface area contributed by atoms with E-state index in [4.69, 9.17) is 18.5 Å². The Hall–Kier alpha value is -2.33. The van der Waals surface area contributed by atoms with Crippen LogP contribution in [0.5, 0.6) is 0 Å². The quantitative estimate of drug-likeness (QED) is 0.0236. The predicted molar refractivity (Wildman–Crippen MR) is 228 cm³/mol. The van der Waals surface area contributed by atoms with Crippen molar-refractivity contribution in [1.29, 1.82) is 0 Å². The van der Waals surface area contributed by atoms with E-state index in [1.165, 1.54) is 64.2 Å². The van der Waals surface area contributed by atoms with Crippen LogP contribution in [0.2, 0.25) is 0 Å². The molecule has 0 fully saturated rings. The molecule has 0 aromatic rings. The fourth-order valence-corrected chi connectivity index (χ4v) is 6.45. The van der Waals surface area contributed by atoms with Gasteiger partial charge in [-0.3, -0.25) is 18.6 Å². The van der Waals surface area contributed by atoms with E-state index >= 15 is 0 Å². The maximum absolute atomic E-state index is 12.4. The molecule has 3 unspecified atom stereocenters. The minimum absolute atomic E-state index is 0.151. The van der Waals surface area contributed by atoms with Crippen molar-refractivity contribution in [3.63, 3.8) is 0 Å². The van der Waals surface area contributed by atoms with Crippen LogP contribution in [-0.2, 0) is 32.7 Å². The fraction of sp³-hybridized carbons (Fsp3) is 0.733. The molecule has 3 N–H and O–H groups in total. The number of carbonyl (C=O) groups excluding carboxylic acids is 2. The zero-order valence-corrected chi connectivity index (χ0v) is 36.0. The van der Waals surface area contributed by atoms with E-state index in [0.717, 1.165) is 70.6 Å². The molecule has 0 aliphatic rings. The van der Waals surface area contributed by atoms with Crippen LogP contribution in [0.25, 0.3) is 0 Å². The normalized spacial score (nSPS) is 14.4. The standard InChI is InChI=1S/C45H79O10P/c1-3-5-7-9-11-13-15-17-19-20-21-22-23-25-27-29-31-33-35-37-45(49)55-43(39-47)41-53-56(50,51)52-40-42(38-46)54-44(48)36-34-32-30-28-26-24-18-16-14-12-10-8-6-4-2/h5,7,11,13,17,19,21-22,25,27,42-43,46-47H,3-4,6,8-10,12,14-16,18,20,23-24,26,28-41H2,1-2H3,(H,50,51)/b7-5-,13-11-,19-17-,22-21-,27-25-. The van der Waals surface area contributed by atoms with Crippen molar-refractivity contribution < 1.29 is 47.8 Å². The second-order valence-electron chi connectivity index (χ2n) is 14.3. The van der Waals surface area contributed by atoms with Crippen LogP contribution >= 0.6 is 7.82 Å². The van der Waals surface area contributed by atoms with Crippen LogP contribution in [0, 0.1) is 0 Å². The third kappa shape index (κ3) is 38.5. The number of ether oxygens (including phenoxy) is 2. The first-order valence-electron chi connectivity index (χ1n) is 21.7. The number of allylic oxidation sites excluding steroid dienone is 10. The highest BCUT2D eigenvalue weighted by Crippen LogP contribution is 2.43. The molecule has 0 bridgehead atoms. The molecule has 0 aliphatic heterocycles. The van der Waals surface area contributed by atoms with E-state index < -0.39 is 58.4 Å². The summed E-state index contributed by atoms with van der Waals surface area (Å²) in [6, 6.07) is 0. The van der Waals surface area contributed by atoms with Gasteiger partial charge in [-0.25, -0.2) is 4.57 Å². The first kappa shape index (κ1) is 53.7. The fourth-order valence-electron chi connectivity index (χ4n) is 5.67. The van der Waals surface area contributed by atoms with Crippen LogP contribution in [0.4, 0.5) is 0 Å². The van der Waals surface area contributed by atoms with Gasteiger partial charge in [0.05, 0.1) is 26.4 Å². The van der Waals surface area contributed by atoms with Crippen molar-refractivity contribution >= 4 is 19.8 Å². The maximum atomic E-state index is 12.4. The highest BCUT2D eigenvalue weighted by atomic mass is 31.2. The molecule has 3 atom stereocenters. The summed E-state index contributed by atoms with van der Waals surface area (Å²) in [5.74, 6) is -1.05. The molecule has 0 saturated carbocycles. The average molecular weight is 811 g/mol. The van der Waals surface area contributed by atoms with Crippen LogP contribution in [0.3, 0.4) is 0 Å². The number of aliphatic hydroxyl groups excluding tert-OH is 2. The Kier molecular flexibility index (Phi) is 39.2. The van der Waals surface area contributed by atoms with E-state index in [0.29, 0.717) is 12.8 Å². The Labute approximate surface area is 340 Å². The van der Waals surface area contributed by atoms with Gasteiger partial charge in [-0.05, 0) is 57.8 Å². The van der Waals surface area contributed by atoms with Gasteiger partial charge >= 0.3 is 19.8 Å². The highest BCUT2D eigenvalue weighted by molar-refractivity contribution is 7.47. The van der Waals surface area contributed by atoms with Gasteiger partial charge in [0.25, 0.3) is 0 Å². The van der Waals surface area contributed by atoms with Gasteiger partial charge in [0.2, 0.25) is 0 Å². The lowest BCUT2D eigenvalue weighted by atomic mass is 10.0. The number of hydrogen-bond acceptors (Lipinski definition) is 9. The molecule has 324 valence electrons. The molecule has 11 heteroatoms. The van der Waals surface area contributed by atoms with Gasteiger partial charge in [0, 0.05) is 12.8 Å². The molecule has 0 aromatic carbocycles. The topological polar surface area (TPSA) is 149 Å². The summed E-state index contributed by atoms with van der Waals surface area (Å²) in [4.78, 5) is 34.5. The molecule has 0 amide bonds. The average Bonchev–Trinajstić information content (AvgIpc) is 3.19. The zero-order chi connectivity index (χ0) is 41.2. The third-order valence-electron chi connectivity index (χ3n) is 8.99. The summed E-state index contributed by atoms with van der Waals surface area (Å²) in [5, 5.41) is 19.2. The van der Waals surface area contributed by atoms with E-state index in [-0.39, 0.29) is 12.8 Å². The molecule has 0 spiro atoms. The summed E-state index contributed by atoms with van der Waals surface area (Å²) >= 11 is 0. The smallest absolute Gasteiger partial charge is 0.457 e. The van der Waals surface area contributed by atoms with Crippen LogP contribution in [-0.4, -0.2) is 65.7 Å². The Balaban J connectivity index is 3.99. The molecular formula is C45H79O10P. The number of hydrogen-bond donors (Lipinski definition) is 3. The first-order chi connectivity index (χ1) is 27.3. The summed E-state index contributed by atoms with van der Waals surface area (Å²) < 4.78 is 32.5. The van der Waals surface area contributed by atoms with E-state index in [1.807, 2.05) is 0 Å². The highest BCUT2D eigenvalue weighted by Gasteiger charge is 2.27. The van der Waals surface area contributed by atoms with E-state index in [2.05, 4.69) is 74.6 Å². The molecule has 0 aromatic heterocycles. The van der Waals surface area contributed by atoms with Crippen molar-refractivity contribution in [2.75, 3.05) is 26.4 Å². The molecule has 0 saturated heterocycles. The Morgan fingerprint density at radius 3 is 1.21 bits per heavy atom. The summed E-state index contributed by atoms with van der Waals surface area (Å²) in [6.45, 7) is 2.05. The molecule has 56 heavy (non-hydrogen) atoms. The predicted octanol–water partition coefficient (Wildman–Crippen LogP) is 11.5. The monoisotopic (exact) mass is 811 g/mol. The molecular weight excluding hydrogens is 731 g/mol. The second-order valence-corrected chi connectivity index (χ2v) is 15.8. The Morgan fingerprint density at radius 2 is 0.839 bits per heavy atom. The van der Waals surface area contributed by atoms with Gasteiger partial charge in [0.15, 0.2) is 0 Å². The second kappa shape index (κ2) is 40.9. The van der Waals surface area contributed by atoms with E-state index in [1.54, 1.807) is 0 Å². The van der Waals surface area contributed by atoms with Crippen molar-refractivity contribution in [3.8, 4) is 0 Å². The molecule has 0 radical (unpaired) electrons. The van der Waals surface area contributed by atoms with Gasteiger partial charge in [-0.15, -0.1) is 0 Å². The number of aliphatic hydroxyl groups is 2. The number of rotatable bonds is 40. The molecule has 0 rings (SSSR count). The van der Waals surface area contributed by atoms with Crippen molar-refractivity contribution in [1.82, 2.24) is 0 Å². The third-order valence-corrected chi connectivity index (χ3v) is 9.95. The molecule has 10 nitrogen and oxygen atoms in total. The lowest BCUT2D eigenvalue weighted by Crippen LogP contribution is -2.28. The summed E-state index contributed by atoms with van der Waals surface area (Å²) in [6.07, 6.45) is 44.8. The minimum Gasteiger partial charge on any atom is -0.457 e. The SMILES string of the molecule is CC/C=C\C/C=C\C/C=C\C/C=C\C/C=C\CCCCCC(=O)OC(CO)COP(=O)(O)OCC(CO)OC(=O)CCCCCCCCCCCCCCCC.